The van der Waals surface area contributed by atoms with Crippen LogP contribution in [0.5, 0.6) is 5.75 Å². The molecule has 2 aromatic rings. The second-order valence-electron chi connectivity index (χ2n) is 4.18. The molecule has 0 saturated heterocycles. The molecule has 0 bridgehead atoms. The van der Waals surface area contributed by atoms with Crippen LogP contribution < -0.4 is 4.74 Å². The summed E-state index contributed by atoms with van der Waals surface area (Å²) in [6.45, 7) is -0.449. The maximum absolute atomic E-state index is 13.3. The molecule has 0 radical (unpaired) electrons. The second-order valence-corrected chi connectivity index (χ2v) is 4.18. The van der Waals surface area contributed by atoms with E-state index in [0.29, 0.717) is 5.56 Å². The summed E-state index contributed by atoms with van der Waals surface area (Å²) in [5.41, 5.74) is 0.606. The van der Waals surface area contributed by atoms with Crippen LogP contribution in [-0.4, -0.2) is 12.4 Å². The number of benzene rings is 2. The standard InChI is InChI=1S/C15H11F3O2/c16-11-6-4-10(5-7-11)8-12(19)9-20-15-13(17)2-1-3-14(15)18/h1-7H,8-9H2. The topological polar surface area (TPSA) is 26.3 Å². The fraction of sp³-hybridized carbons (Fsp3) is 0.133. The second kappa shape index (κ2) is 6.23. The van der Waals surface area contributed by atoms with E-state index in [1.165, 1.54) is 30.3 Å². The molecular weight excluding hydrogens is 269 g/mol. The van der Waals surface area contributed by atoms with E-state index in [-0.39, 0.29) is 12.2 Å². The Morgan fingerprint density at radius 2 is 1.55 bits per heavy atom. The third kappa shape index (κ3) is 3.60. The third-order valence-electron chi connectivity index (χ3n) is 2.61. The van der Waals surface area contributed by atoms with Crippen LogP contribution >= 0.6 is 0 Å². The fourth-order valence-corrected chi connectivity index (χ4v) is 1.65. The van der Waals surface area contributed by atoms with Crippen molar-refractivity contribution in [3.05, 3.63) is 65.5 Å². The Kier molecular flexibility index (Phi) is 4.40. The Morgan fingerprint density at radius 3 is 2.15 bits per heavy atom. The number of ketones is 1. The zero-order chi connectivity index (χ0) is 14.5. The van der Waals surface area contributed by atoms with Gasteiger partial charge in [-0.1, -0.05) is 18.2 Å². The van der Waals surface area contributed by atoms with Crippen LogP contribution in [0.2, 0.25) is 0 Å². The van der Waals surface area contributed by atoms with Gasteiger partial charge in [0.2, 0.25) is 0 Å². The van der Waals surface area contributed by atoms with E-state index in [1.54, 1.807) is 0 Å². The van der Waals surface area contributed by atoms with Crippen LogP contribution in [-0.2, 0) is 11.2 Å². The Balaban J connectivity index is 1.94. The van der Waals surface area contributed by atoms with Gasteiger partial charge in [0.25, 0.3) is 0 Å². The van der Waals surface area contributed by atoms with Crippen LogP contribution in [0.15, 0.2) is 42.5 Å². The average Bonchev–Trinajstić information content (AvgIpc) is 2.41. The van der Waals surface area contributed by atoms with Gasteiger partial charge in [-0.25, -0.2) is 13.2 Å². The van der Waals surface area contributed by atoms with E-state index in [9.17, 15) is 18.0 Å². The number of carbonyl (C=O) groups is 1. The molecule has 0 spiro atoms. The quantitative estimate of drug-likeness (QED) is 0.840. The molecule has 2 aromatic carbocycles. The van der Waals surface area contributed by atoms with Gasteiger partial charge >= 0.3 is 0 Å². The maximum Gasteiger partial charge on any atom is 0.191 e. The molecule has 0 aromatic heterocycles. The van der Waals surface area contributed by atoms with Crippen LogP contribution in [0.1, 0.15) is 5.56 Å². The first-order valence-corrected chi connectivity index (χ1v) is 5.89. The molecule has 5 heteroatoms. The molecular formula is C15H11F3O2. The van der Waals surface area contributed by atoms with Crippen LogP contribution in [0.3, 0.4) is 0 Å². The molecule has 104 valence electrons. The lowest BCUT2D eigenvalue weighted by Crippen LogP contribution is -2.15. The van der Waals surface area contributed by atoms with Crippen molar-refractivity contribution in [1.82, 2.24) is 0 Å². The molecule has 0 aliphatic carbocycles. The van der Waals surface area contributed by atoms with Gasteiger partial charge in [-0.2, -0.15) is 0 Å². The van der Waals surface area contributed by atoms with Gasteiger partial charge < -0.3 is 4.74 Å². The number of rotatable bonds is 5. The summed E-state index contributed by atoms with van der Waals surface area (Å²) in [6.07, 6.45) is 0.0103. The van der Waals surface area contributed by atoms with Crippen LogP contribution in [0, 0.1) is 17.5 Å². The van der Waals surface area contributed by atoms with Crippen LogP contribution in [0.4, 0.5) is 13.2 Å². The summed E-state index contributed by atoms with van der Waals surface area (Å²) in [7, 11) is 0. The van der Waals surface area contributed by atoms with E-state index in [4.69, 9.17) is 4.74 Å². The highest BCUT2D eigenvalue weighted by atomic mass is 19.1. The van der Waals surface area contributed by atoms with Crippen molar-refractivity contribution in [1.29, 1.82) is 0 Å². The lowest BCUT2D eigenvalue weighted by atomic mass is 10.1. The van der Waals surface area contributed by atoms with Crippen molar-refractivity contribution in [3.63, 3.8) is 0 Å². The molecule has 0 saturated carbocycles. The fourth-order valence-electron chi connectivity index (χ4n) is 1.65. The predicted octanol–water partition coefficient (Wildman–Crippen LogP) is 3.29. The lowest BCUT2D eigenvalue weighted by Gasteiger charge is -2.07. The molecule has 0 aliphatic heterocycles. The molecule has 0 amide bonds. The first kappa shape index (κ1) is 14.1. The molecule has 0 heterocycles. The molecule has 2 rings (SSSR count). The predicted molar refractivity (Wildman–Crippen MR) is 67.0 cm³/mol. The minimum atomic E-state index is -0.861. The zero-order valence-electron chi connectivity index (χ0n) is 10.4. The van der Waals surface area contributed by atoms with Gasteiger partial charge in [0.1, 0.15) is 12.4 Å². The number of Topliss-reactive ketones (excluding diaryl/α,β-unsaturated/α-hetero) is 1. The number of hydrogen-bond donors (Lipinski definition) is 0. The number of halogens is 3. The van der Waals surface area contributed by atoms with Crippen molar-refractivity contribution in [2.24, 2.45) is 0 Å². The normalized spacial score (nSPS) is 10.3. The van der Waals surface area contributed by atoms with Gasteiger partial charge in [-0.05, 0) is 29.8 Å². The smallest absolute Gasteiger partial charge is 0.191 e. The van der Waals surface area contributed by atoms with E-state index >= 15 is 0 Å². The van der Waals surface area contributed by atoms with Gasteiger partial charge in [-0.3, -0.25) is 4.79 Å². The Morgan fingerprint density at radius 1 is 0.950 bits per heavy atom. The average molecular weight is 280 g/mol. The molecule has 20 heavy (non-hydrogen) atoms. The Hall–Kier alpha value is -2.30. The summed E-state index contributed by atoms with van der Waals surface area (Å²) in [4.78, 5) is 11.6. The zero-order valence-corrected chi connectivity index (χ0v) is 10.4. The summed E-state index contributed by atoms with van der Waals surface area (Å²) in [5, 5.41) is 0. The lowest BCUT2D eigenvalue weighted by molar-refractivity contribution is -0.120. The van der Waals surface area contributed by atoms with Crippen molar-refractivity contribution >= 4 is 5.78 Å². The van der Waals surface area contributed by atoms with E-state index in [1.807, 2.05) is 0 Å². The minimum absolute atomic E-state index is 0.0103. The highest BCUT2D eigenvalue weighted by Gasteiger charge is 2.12. The molecule has 0 fully saturated rings. The molecule has 0 unspecified atom stereocenters. The van der Waals surface area contributed by atoms with E-state index in [2.05, 4.69) is 0 Å². The SMILES string of the molecule is O=C(COc1c(F)cccc1F)Cc1ccc(F)cc1. The van der Waals surface area contributed by atoms with Crippen molar-refractivity contribution in [2.45, 2.75) is 6.42 Å². The Bertz CT molecular complexity index is 589. The first-order valence-electron chi connectivity index (χ1n) is 5.89. The highest BCUT2D eigenvalue weighted by molar-refractivity contribution is 5.82. The largest absolute Gasteiger partial charge is 0.480 e. The number of hydrogen-bond acceptors (Lipinski definition) is 2. The Labute approximate surface area is 113 Å². The highest BCUT2D eigenvalue weighted by Crippen LogP contribution is 2.20. The molecule has 0 N–H and O–H groups in total. The monoisotopic (exact) mass is 280 g/mol. The van der Waals surface area contributed by atoms with E-state index in [0.717, 1.165) is 12.1 Å². The summed E-state index contributed by atoms with van der Waals surface area (Å²) in [5.74, 6) is -3.05. The van der Waals surface area contributed by atoms with Crippen LogP contribution in [0.25, 0.3) is 0 Å². The molecule has 0 atom stereocenters. The molecule has 2 nitrogen and oxygen atoms in total. The van der Waals surface area contributed by atoms with E-state index < -0.39 is 29.8 Å². The number of ether oxygens (including phenoxy) is 1. The van der Waals surface area contributed by atoms with Gasteiger partial charge in [0.05, 0.1) is 0 Å². The summed E-state index contributed by atoms with van der Waals surface area (Å²) in [6, 6.07) is 8.71. The van der Waals surface area contributed by atoms with Gasteiger partial charge in [0.15, 0.2) is 23.2 Å². The maximum atomic E-state index is 13.3. The van der Waals surface area contributed by atoms with Gasteiger partial charge in [-0.15, -0.1) is 0 Å². The minimum Gasteiger partial charge on any atom is -0.480 e. The van der Waals surface area contributed by atoms with Crippen molar-refractivity contribution < 1.29 is 22.7 Å². The third-order valence-corrected chi connectivity index (χ3v) is 2.61. The number of carbonyl (C=O) groups excluding carboxylic acids is 1. The van der Waals surface area contributed by atoms with Crippen molar-refractivity contribution in [3.8, 4) is 5.75 Å². The molecule has 0 aliphatic rings. The first-order chi connectivity index (χ1) is 9.56. The summed E-state index contributed by atoms with van der Waals surface area (Å²) >= 11 is 0. The van der Waals surface area contributed by atoms with Gasteiger partial charge in [0, 0.05) is 6.42 Å². The number of para-hydroxylation sites is 1. The summed E-state index contributed by atoms with van der Waals surface area (Å²) < 4.78 is 44.0. The van der Waals surface area contributed by atoms with Crippen molar-refractivity contribution in [2.75, 3.05) is 6.61 Å².